The molecule has 0 amide bonds. The van der Waals surface area contributed by atoms with Gasteiger partial charge in [0, 0.05) is 12.5 Å². The number of carbonyl (C=O) groups excluding carboxylic acids is 1. The van der Waals surface area contributed by atoms with E-state index in [9.17, 15) is 9.18 Å². The minimum absolute atomic E-state index is 0.0195. The predicted molar refractivity (Wildman–Crippen MR) is 67.0 cm³/mol. The molecular weight excluding hydrogens is 237 g/mol. The van der Waals surface area contributed by atoms with Gasteiger partial charge in [0.2, 0.25) is 0 Å². The molecule has 4 heteroatoms. The highest BCUT2D eigenvalue weighted by molar-refractivity contribution is 7.17. The Hall–Kier alpha value is -1.55. The Kier molecular flexibility index (Phi) is 3.07. The van der Waals surface area contributed by atoms with Crippen LogP contribution in [0.25, 0.3) is 10.6 Å². The molecule has 0 atom stereocenters. The van der Waals surface area contributed by atoms with Crippen molar-refractivity contribution in [1.82, 2.24) is 4.98 Å². The van der Waals surface area contributed by atoms with Crippen LogP contribution < -0.4 is 0 Å². The molecule has 0 aliphatic carbocycles. The number of hydrogen-bond acceptors (Lipinski definition) is 3. The molecule has 1 heterocycles. The molecule has 88 valence electrons. The monoisotopic (exact) mass is 249 g/mol. The van der Waals surface area contributed by atoms with Crippen molar-refractivity contribution in [2.24, 2.45) is 0 Å². The Morgan fingerprint density at radius 1 is 1.35 bits per heavy atom. The van der Waals surface area contributed by atoms with Crippen molar-refractivity contribution < 1.29 is 9.18 Å². The molecule has 1 aromatic heterocycles. The highest BCUT2D eigenvalue weighted by Crippen LogP contribution is 2.30. The molecule has 2 aromatic rings. The lowest BCUT2D eigenvalue weighted by molar-refractivity contribution is 0.102. The fourth-order valence-corrected chi connectivity index (χ4v) is 2.76. The molecule has 0 saturated heterocycles. The van der Waals surface area contributed by atoms with Gasteiger partial charge in [-0.05, 0) is 37.6 Å². The highest BCUT2D eigenvalue weighted by atomic mass is 32.1. The van der Waals surface area contributed by atoms with Gasteiger partial charge in [0.15, 0.2) is 5.78 Å². The average molecular weight is 249 g/mol. The van der Waals surface area contributed by atoms with Crippen LogP contribution in [0.2, 0.25) is 0 Å². The predicted octanol–water partition coefficient (Wildman–Crippen LogP) is 3.77. The first kappa shape index (κ1) is 11.9. The first-order chi connectivity index (χ1) is 7.99. The molecular formula is C13H12FNOS. The number of thiazole rings is 1. The number of hydrogen-bond donors (Lipinski definition) is 0. The second-order valence-corrected chi connectivity index (χ2v) is 4.95. The summed E-state index contributed by atoms with van der Waals surface area (Å²) in [6, 6.07) is 4.58. The van der Waals surface area contributed by atoms with Crippen molar-refractivity contribution in [3.05, 3.63) is 40.2 Å². The van der Waals surface area contributed by atoms with E-state index in [2.05, 4.69) is 4.98 Å². The number of carbonyl (C=O) groups is 1. The summed E-state index contributed by atoms with van der Waals surface area (Å²) in [5.74, 6) is -0.239. The van der Waals surface area contributed by atoms with Gasteiger partial charge in [0.1, 0.15) is 10.8 Å². The molecule has 0 fully saturated rings. The van der Waals surface area contributed by atoms with Crippen LogP contribution in [-0.2, 0) is 0 Å². The number of aromatic nitrogens is 1. The summed E-state index contributed by atoms with van der Waals surface area (Å²) in [4.78, 5) is 16.4. The third-order valence-corrected chi connectivity index (χ3v) is 3.83. The van der Waals surface area contributed by atoms with Crippen LogP contribution in [0.5, 0.6) is 0 Å². The van der Waals surface area contributed by atoms with Gasteiger partial charge in [-0.3, -0.25) is 4.79 Å². The summed E-state index contributed by atoms with van der Waals surface area (Å²) in [5.41, 5.74) is 2.45. The summed E-state index contributed by atoms with van der Waals surface area (Å²) < 4.78 is 13.0. The minimum Gasteiger partial charge on any atom is -0.294 e. The first-order valence-corrected chi connectivity index (χ1v) is 6.05. The van der Waals surface area contributed by atoms with Crippen LogP contribution in [0.15, 0.2) is 18.2 Å². The third kappa shape index (κ3) is 2.26. The molecule has 0 spiro atoms. The lowest BCUT2D eigenvalue weighted by Gasteiger charge is -2.01. The lowest BCUT2D eigenvalue weighted by atomic mass is 10.1. The molecule has 0 unspecified atom stereocenters. The number of Topliss-reactive ketones (excluding diaryl/α,β-unsaturated/α-hetero) is 1. The second-order valence-electron chi connectivity index (χ2n) is 3.95. The number of benzene rings is 1. The number of nitrogens with zero attached hydrogens (tertiary/aromatic N) is 1. The fourth-order valence-electron chi connectivity index (χ4n) is 1.71. The Morgan fingerprint density at radius 3 is 2.59 bits per heavy atom. The summed E-state index contributed by atoms with van der Waals surface area (Å²) in [6.07, 6.45) is 0. The zero-order chi connectivity index (χ0) is 12.6. The Balaban J connectivity index is 2.53. The molecule has 0 saturated carbocycles. The van der Waals surface area contributed by atoms with Crippen LogP contribution in [0.4, 0.5) is 4.39 Å². The van der Waals surface area contributed by atoms with E-state index in [-0.39, 0.29) is 11.6 Å². The Bertz CT molecular complexity index is 589. The van der Waals surface area contributed by atoms with Gasteiger partial charge in [0.25, 0.3) is 0 Å². The molecule has 0 N–H and O–H groups in total. The zero-order valence-corrected chi connectivity index (χ0v) is 10.7. The van der Waals surface area contributed by atoms with Gasteiger partial charge in [-0.25, -0.2) is 9.37 Å². The third-order valence-electron chi connectivity index (χ3n) is 2.54. The Morgan fingerprint density at radius 2 is 2.06 bits per heavy atom. The van der Waals surface area contributed by atoms with Gasteiger partial charge in [-0.2, -0.15) is 0 Å². The number of rotatable bonds is 2. The molecule has 2 rings (SSSR count). The van der Waals surface area contributed by atoms with E-state index in [1.165, 1.54) is 30.4 Å². The van der Waals surface area contributed by atoms with Crippen molar-refractivity contribution >= 4 is 17.1 Å². The van der Waals surface area contributed by atoms with Crippen LogP contribution >= 0.6 is 11.3 Å². The van der Waals surface area contributed by atoms with E-state index in [1.54, 1.807) is 6.07 Å². The molecule has 0 bridgehead atoms. The number of halogens is 1. The van der Waals surface area contributed by atoms with E-state index in [1.807, 2.05) is 13.8 Å². The molecule has 2 nitrogen and oxygen atoms in total. The summed E-state index contributed by atoms with van der Waals surface area (Å²) in [7, 11) is 0. The van der Waals surface area contributed by atoms with Crippen molar-refractivity contribution in [3.8, 4) is 10.6 Å². The van der Waals surface area contributed by atoms with E-state index < -0.39 is 0 Å². The molecule has 0 radical (unpaired) electrons. The number of ketones is 1. The van der Waals surface area contributed by atoms with Crippen molar-refractivity contribution in [1.29, 1.82) is 0 Å². The fraction of sp³-hybridized carbons (Fsp3) is 0.231. The molecule has 1 aromatic carbocycles. The number of aryl methyl sites for hydroxylation is 2. The highest BCUT2D eigenvalue weighted by Gasteiger charge is 2.14. The van der Waals surface area contributed by atoms with Gasteiger partial charge in [-0.1, -0.05) is 0 Å². The standard InChI is InChI=1S/C13H12FNOS/c1-7-6-10(14)4-5-11(7)13-15-8(2)12(17-13)9(3)16/h4-6H,1-3H3. The van der Waals surface area contributed by atoms with Crippen LogP contribution in [-0.4, -0.2) is 10.8 Å². The minimum atomic E-state index is -0.258. The van der Waals surface area contributed by atoms with Gasteiger partial charge >= 0.3 is 0 Å². The van der Waals surface area contributed by atoms with Gasteiger partial charge < -0.3 is 0 Å². The maximum atomic E-state index is 13.0. The Labute approximate surface area is 103 Å². The summed E-state index contributed by atoms with van der Waals surface area (Å²) in [6.45, 7) is 5.18. The van der Waals surface area contributed by atoms with Crippen LogP contribution in [0.3, 0.4) is 0 Å². The maximum absolute atomic E-state index is 13.0. The van der Waals surface area contributed by atoms with E-state index in [0.29, 0.717) is 4.88 Å². The molecule has 0 aliphatic heterocycles. The largest absolute Gasteiger partial charge is 0.294 e. The van der Waals surface area contributed by atoms with E-state index in [0.717, 1.165) is 21.8 Å². The first-order valence-electron chi connectivity index (χ1n) is 5.24. The topological polar surface area (TPSA) is 30.0 Å². The van der Waals surface area contributed by atoms with Crippen molar-refractivity contribution in [3.63, 3.8) is 0 Å². The van der Waals surface area contributed by atoms with Crippen molar-refractivity contribution in [2.45, 2.75) is 20.8 Å². The molecule has 0 aliphatic rings. The smallest absolute Gasteiger partial charge is 0.171 e. The van der Waals surface area contributed by atoms with E-state index >= 15 is 0 Å². The molecule has 17 heavy (non-hydrogen) atoms. The quantitative estimate of drug-likeness (QED) is 0.758. The maximum Gasteiger partial charge on any atom is 0.171 e. The van der Waals surface area contributed by atoms with Crippen LogP contribution in [0, 0.1) is 19.7 Å². The second kappa shape index (κ2) is 4.37. The normalized spacial score (nSPS) is 10.6. The van der Waals surface area contributed by atoms with E-state index in [4.69, 9.17) is 0 Å². The lowest BCUT2D eigenvalue weighted by Crippen LogP contribution is -1.89. The van der Waals surface area contributed by atoms with Gasteiger partial charge in [-0.15, -0.1) is 11.3 Å². The van der Waals surface area contributed by atoms with Crippen molar-refractivity contribution in [2.75, 3.05) is 0 Å². The van der Waals surface area contributed by atoms with Gasteiger partial charge in [0.05, 0.1) is 10.6 Å². The summed E-state index contributed by atoms with van der Waals surface area (Å²) >= 11 is 1.36. The SMILES string of the molecule is CC(=O)c1sc(-c2ccc(F)cc2C)nc1C. The zero-order valence-electron chi connectivity index (χ0n) is 9.87. The summed E-state index contributed by atoms with van der Waals surface area (Å²) in [5, 5.41) is 0.769. The van der Waals surface area contributed by atoms with Crippen LogP contribution in [0.1, 0.15) is 27.9 Å². The average Bonchev–Trinajstić information content (AvgIpc) is 2.60.